The standard InChI is InChI=1S/C50H29N3O2/c1-2-12-30(13-3-1)50-51-40-19-7-4-16-35(40)48(52-50)36-17-11-23-46-47(36)37-18-10-21-43(49(37)55-46)53-41-20-8-5-14-33(41)38-28-31(24-26-42(38)53)32-25-27-45-39(29-32)34-15-6-9-22-44(34)54-45/h1-29H. The Hall–Kier alpha value is -7.50. The van der Waals surface area contributed by atoms with Gasteiger partial charge in [0.25, 0.3) is 0 Å². The molecule has 5 heteroatoms. The highest BCUT2D eigenvalue weighted by Gasteiger charge is 2.22. The van der Waals surface area contributed by atoms with Crippen molar-refractivity contribution in [3.63, 3.8) is 0 Å². The van der Waals surface area contributed by atoms with E-state index in [1.807, 2.05) is 36.4 Å². The monoisotopic (exact) mass is 703 g/mol. The summed E-state index contributed by atoms with van der Waals surface area (Å²) in [7, 11) is 0. The van der Waals surface area contributed by atoms with E-state index in [9.17, 15) is 0 Å². The summed E-state index contributed by atoms with van der Waals surface area (Å²) < 4.78 is 15.4. The van der Waals surface area contributed by atoms with Crippen molar-refractivity contribution in [3.8, 4) is 39.5 Å². The molecule has 0 fully saturated rings. The summed E-state index contributed by atoms with van der Waals surface area (Å²) in [6.07, 6.45) is 0. The molecular weight excluding hydrogens is 675 g/mol. The number of rotatable bonds is 4. The normalized spacial score (nSPS) is 12.0. The molecule has 0 aliphatic rings. The van der Waals surface area contributed by atoms with Crippen LogP contribution in [0.2, 0.25) is 0 Å². The van der Waals surface area contributed by atoms with Gasteiger partial charge in [-0.3, -0.25) is 0 Å². The van der Waals surface area contributed by atoms with Crippen molar-refractivity contribution in [2.75, 3.05) is 0 Å². The highest BCUT2D eigenvalue weighted by molar-refractivity contribution is 6.18. The third-order valence-electron chi connectivity index (χ3n) is 11.0. The van der Waals surface area contributed by atoms with Gasteiger partial charge < -0.3 is 13.4 Å². The number of para-hydroxylation sites is 4. The van der Waals surface area contributed by atoms with Crippen molar-refractivity contribution in [2.45, 2.75) is 0 Å². The van der Waals surface area contributed by atoms with E-state index in [-0.39, 0.29) is 0 Å². The Labute approximate surface area is 314 Å². The van der Waals surface area contributed by atoms with Gasteiger partial charge >= 0.3 is 0 Å². The summed E-state index contributed by atoms with van der Waals surface area (Å²) in [6.45, 7) is 0. The van der Waals surface area contributed by atoms with Crippen LogP contribution in [0, 0.1) is 0 Å². The van der Waals surface area contributed by atoms with Gasteiger partial charge in [0, 0.05) is 48.8 Å². The highest BCUT2D eigenvalue weighted by Crippen LogP contribution is 2.43. The van der Waals surface area contributed by atoms with Gasteiger partial charge in [-0.2, -0.15) is 0 Å². The minimum atomic E-state index is 0.697. The molecule has 0 aliphatic carbocycles. The Bertz CT molecular complexity index is 3500. The molecule has 0 atom stereocenters. The van der Waals surface area contributed by atoms with E-state index in [0.717, 1.165) is 99.4 Å². The van der Waals surface area contributed by atoms with Crippen LogP contribution in [-0.4, -0.2) is 14.5 Å². The summed E-state index contributed by atoms with van der Waals surface area (Å²) in [5.41, 5.74) is 12.7. The highest BCUT2D eigenvalue weighted by atomic mass is 16.3. The molecule has 55 heavy (non-hydrogen) atoms. The predicted molar refractivity (Wildman–Crippen MR) is 225 cm³/mol. The van der Waals surface area contributed by atoms with E-state index in [1.54, 1.807) is 0 Å². The molecule has 0 amide bonds. The zero-order valence-corrected chi connectivity index (χ0v) is 29.4. The lowest BCUT2D eigenvalue weighted by Crippen LogP contribution is -1.95. The fraction of sp³-hybridized carbons (Fsp3) is 0. The van der Waals surface area contributed by atoms with Crippen LogP contribution in [0.15, 0.2) is 185 Å². The van der Waals surface area contributed by atoms with Crippen molar-refractivity contribution in [3.05, 3.63) is 176 Å². The Morgan fingerprint density at radius 2 is 1.07 bits per heavy atom. The van der Waals surface area contributed by atoms with Crippen molar-refractivity contribution in [1.29, 1.82) is 0 Å². The molecule has 0 saturated carbocycles. The lowest BCUT2D eigenvalue weighted by atomic mass is 10.00. The molecule has 12 aromatic rings. The summed E-state index contributed by atoms with van der Waals surface area (Å²) in [6, 6.07) is 61.3. The van der Waals surface area contributed by atoms with E-state index in [0.29, 0.717) is 5.82 Å². The molecule has 0 bridgehead atoms. The van der Waals surface area contributed by atoms with Crippen LogP contribution in [0.25, 0.3) is 116 Å². The number of fused-ring (bicyclic) bond motifs is 10. The van der Waals surface area contributed by atoms with Crippen LogP contribution in [0.4, 0.5) is 0 Å². The fourth-order valence-corrected chi connectivity index (χ4v) is 8.52. The first kappa shape index (κ1) is 30.0. The number of furan rings is 2. The van der Waals surface area contributed by atoms with Crippen LogP contribution in [0.3, 0.4) is 0 Å². The number of hydrogen-bond donors (Lipinski definition) is 0. The summed E-state index contributed by atoms with van der Waals surface area (Å²) >= 11 is 0. The second-order valence-corrected chi connectivity index (χ2v) is 14.1. The zero-order chi connectivity index (χ0) is 36.0. The third kappa shape index (κ3) is 4.47. The molecule has 0 spiro atoms. The number of benzene rings is 8. The van der Waals surface area contributed by atoms with Crippen molar-refractivity contribution < 1.29 is 8.83 Å². The minimum absolute atomic E-state index is 0.697. The smallest absolute Gasteiger partial charge is 0.160 e. The third-order valence-corrected chi connectivity index (χ3v) is 11.0. The van der Waals surface area contributed by atoms with Crippen LogP contribution in [0.1, 0.15) is 0 Å². The number of nitrogens with zero attached hydrogens (tertiary/aromatic N) is 3. The van der Waals surface area contributed by atoms with E-state index < -0.39 is 0 Å². The first-order valence-corrected chi connectivity index (χ1v) is 18.5. The molecule has 0 N–H and O–H groups in total. The Balaban J connectivity index is 1.07. The molecule has 256 valence electrons. The molecular formula is C50H29N3O2. The lowest BCUT2D eigenvalue weighted by Gasteiger charge is -2.11. The van der Waals surface area contributed by atoms with Gasteiger partial charge in [0.05, 0.1) is 27.9 Å². The van der Waals surface area contributed by atoms with Crippen LogP contribution in [0.5, 0.6) is 0 Å². The first-order valence-electron chi connectivity index (χ1n) is 18.5. The van der Waals surface area contributed by atoms with Gasteiger partial charge in [-0.15, -0.1) is 0 Å². The van der Waals surface area contributed by atoms with Gasteiger partial charge in [-0.25, -0.2) is 9.97 Å². The molecule has 0 unspecified atom stereocenters. The Morgan fingerprint density at radius 3 is 1.98 bits per heavy atom. The van der Waals surface area contributed by atoms with Crippen LogP contribution in [-0.2, 0) is 0 Å². The summed E-state index contributed by atoms with van der Waals surface area (Å²) in [5.74, 6) is 0.697. The largest absolute Gasteiger partial charge is 0.456 e. The maximum Gasteiger partial charge on any atom is 0.160 e. The molecule has 0 saturated heterocycles. The van der Waals surface area contributed by atoms with Crippen LogP contribution < -0.4 is 0 Å². The van der Waals surface area contributed by atoms with Gasteiger partial charge in [-0.1, -0.05) is 121 Å². The number of hydrogen-bond acceptors (Lipinski definition) is 4. The predicted octanol–water partition coefficient (Wildman–Crippen LogP) is 13.5. The van der Waals surface area contributed by atoms with Gasteiger partial charge in [-0.05, 0) is 65.7 Å². The molecule has 0 radical (unpaired) electrons. The lowest BCUT2D eigenvalue weighted by molar-refractivity contribution is 0.666. The summed E-state index contributed by atoms with van der Waals surface area (Å²) in [4.78, 5) is 10.2. The van der Waals surface area contributed by atoms with Crippen molar-refractivity contribution >= 4 is 76.6 Å². The second kappa shape index (κ2) is 11.5. The van der Waals surface area contributed by atoms with Crippen molar-refractivity contribution in [1.82, 2.24) is 14.5 Å². The maximum absolute atomic E-state index is 6.88. The number of aromatic nitrogens is 3. The molecule has 4 aromatic heterocycles. The average Bonchev–Trinajstić information content (AvgIpc) is 3.93. The maximum atomic E-state index is 6.88. The van der Waals surface area contributed by atoms with Crippen LogP contribution >= 0.6 is 0 Å². The molecule has 0 aliphatic heterocycles. The van der Waals surface area contributed by atoms with Crippen molar-refractivity contribution in [2.24, 2.45) is 0 Å². The fourth-order valence-electron chi connectivity index (χ4n) is 8.52. The minimum Gasteiger partial charge on any atom is -0.456 e. The van der Waals surface area contributed by atoms with E-state index in [4.69, 9.17) is 18.8 Å². The van der Waals surface area contributed by atoms with E-state index in [1.165, 1.54) is 10.8 Å². The van der Waals surface area contributed by atoms with Gasteiger partial charge in [0.15, 0.2) is 11.4 Å². The zero-order valence-electron chi connectivity index (χ0n) is 29.4. The topological polar surface area (TPSA) is 57.0 Å². The average molecular weight is 704 g/mol. The Morgan fingerprint density at radius 1 is 0.400 bits per heavy atom. The van der Waals surface area contributed by atoms with E-state index >= 15 is 0 Å². The molecule has 5 nitrogen and oxygen atoms in total. The Kier molecular flexibility index (Phi) is 6.27. The summed E-state index contributed by atoms with van der Waals surface area (Å²) in [5, 5.41) is 7.69. The first-order chi connectivity index (χ1) is 27.3. The van der Waals surface area contributed by atoms with E-state index in [2.05, 4.69) is 144 Å². The van der Waals surface area contributed by atoms with Gasteiger partial charge in [0.2, 0.25) is 0 Å². The van der Waals surface area contributed by atoms with Gasteiger partial charge in [0.1, 0.15) is 16.7 Å². The molecule has 4 heterocycles. The quantitative estimate of drug-likeness (QED) is 0.183. The SMILES string of the molecule is c1ccc(-c2nc(-c3cccc4oc5c(-n6c7ccccc7c7cc(-c8ccc9oc%10ccccc%10c9c8)ccc76)cccc5c34)c3ccccc3n2)cc1. The second-order valence-electron chi connectivity index (χ2n) is 14.1. The molecule has 12 rings (SSSR count). The molecule has 8 aromatic carbocycles.